The minimum absolute atomic E-state index is 0.0395. The van der Waals surface area contributed by atoms with Crippen molar-refractivity contribution in [3.8, 4) is 0 Å². The van der Waals surface area contributed by atoms with E-state index in [-0.39, 0.29) is 24.2 Å². The Bertz CT molecular complexity index is 491. The first-order valence-corrected chi connectivity index (χ1v) is 10.2. The van der Waals surface area contributed by atoms with Gasteiger partial charge in [0.15, 0.2) is 0 Å². The van der Waals surface area contributed by atoms with E-state index in [1.807, 2.05) is 27.7 Å². The molecule has 24 heavy (non-hydrogen) atoms. The fraction of sp³-hybridized carbons (Fsp3) is 0.647. The zero-order chi connectivity index (χ0) is 18.3. The summed E-state index contributed by atoms with van der Waals surface area (Å²) in [7, 11) is -1.25. The van der Waals surface area contributed by atoms with Crippen molar-refractivity contribution in [2.24, 2.45) is 0 Å². The van der Waals surface area contributed by atoms with E-state index in [9.17, 15) is 13.2 Å². The molecule has 0 atom stereocenters. The molecule has 0 amide bonds. The van der Waals surface area contributed by atoms with Crippen LogP contribution in [0.4, 0.5) is 13.2 Å². The molecule has 0 radical (unpaired) electrons. The lowest BCUT2D eigenvalue weighted by atomic mass is 10.1. The summed E-state index contributed by atoms with van der Waals surface area (Å²) in [6, 6.07) is 1.97. The summed E-state index contributed by atoms with van der Waals surface area (Å²) in [6.07, 6.45) is 1.27. The van der Waals surface area contributed by atoms with E-state index in [0.29, 0.717) is 31.0 Å². The average molecular weight is 364 g/mol. The van der Waals surface area contributed by atoms with Gasteiger partial charge in [0.1, 0.15) is 17.5 Å². The molecule has 0 aliphatic heterocycles. The lowest BCUT2D eigenvalue weighted by Gasteiger charge is -2.31. The zero-order valence-electron chi connectivity index (χ0n) is 15.0. The van der Waals surface area contributed by atoms with Gasteiger partial charge in [0.05, 0.1) is 0 Å². The third-order valence-corrected chi connectivity index (χ3v) is 6.66. The van der Waals surface area contributed by atoms with Crippen LogP contribution < -0.4 is 0 Å². The minimum atomic E-state index is -2.82. The Morgan fingerprint density at radius 3 is 1.83 bits per heavy atom. The minimum Gasteiger partial charge on any atom is -0.377 e. The maximum atomic E-state index is 13.6. The van der Waals surface area contributed by atoms with Crippen molar-refractivity contribution < 1.29 is 26.4 Å². The molecule has 0 spiro atoms. The second-order valence-electron chi connectivity index (χ2n) is 6.28. The first-order chi connectivity index (χ1) is 11.2. The summed E-state index contributed by atoms with van der Waals surface area (Å²) in [6.45, 7) is 7.64. The molecule has 1 rings (SSSR count). The van der Waals surface area contributed by atoms with Crippen molar-refractivity contribution in [3.63, 3.8) is 0 Å². The molecule has 0 aliphatic rings. The van der Waals surface area contributed by atoms with Crippen molar-refractivity contribution in [2.45, 2.75) is 65.2 Å². The average Bonchev–Trinajstić information content (AvgIpc) is 2.43. The van der Waals surface area contributed by atoms with Crippen LogP contribution in [-0.4, -0.2) is 28.1 Å². The molecule has 0 aliphatic carbocycles. The third kappa shape index (κ3) is 6.55. The molecule has 0 N–H and O–H groups in total. The summed E-state index contributed by atoms with van der Waals surface area (Å²) in [5.74, 6) is -2.60. The van der Waals surface area contributed by atoms with E-state index in [0.717, 1.165) is 0 Å². The number of benzene rings is 1. The molecule has 1 aromatic carbocycles. The van der Waals surface area contributed by atoms with Crippen LogP contribution in [0.2, 0.25) is 6.04 Å². The lowest BCUT2D eigenvalue weighted by Crippen LogP contribution is -2.48. The maximum absolute atomic E-state index is 13.6. The predicted molar refractivity (Wildman–Crippen MR) is 89.3 cm³/mol. The van der Waals surface area contributed by atoms with E-state index >= 15 is 0 Å². The van der Waals surface area contributed by atoms with Crippen LogP contribution in [0.25, 0.3) is 0 Å². The summed E-state index contributed by atoms with van der Waals surface area (Å²) >= 11 is 0. The monoisotopic (exact) mass is 364 g/mol. The van der Waals surface area contributed by atoms with Gasteiger partial charge in [-0.1, -0.05) is 0 Å². The number of hydrogen-bond donors (Lipinski definition) is 0. The van der Waals surface area contributed by atoms with Gasteiger partial charge in [-0.15, -0.1) is 0 Å². The molecule has 3 nitrogen and oxygen atoms in total. The smallest absolute Gasteiger partial charge is 0.377 e. The Hall–Kier alpha value is -0.893. The molecule has 0 saturated heterocycles. The summed E-state index contributed by atoms with van der Waals surface area (Å²) in [5.41, 5.74) is -0.0874. The van der Waals surface area contributed by atoms with Gasteiger partial charge in [0, 0.05) is 43.1 Å². The molecule has 0 bridgehead atoms. The van der Waals surface area contributed by atoms with Gasteiger partial charge in [0.2, 0.25) is 0 Å². The van der Waals surface area contributed by atoms with Crippen molar-refractivity contribution in [2.75, 3.05) is 7.11 Å². The molecular weight excluding hydrogens is 337 g/mol. The SMILES string of the molecule is CO[Si](CCCCc1c(F)cc(F)cc1F)(OC(C)C)OC(C)C. The van der Waals surface area contributed by atoms with E-state index in [2.05, 4.69) is 0 Å². The maximum Gasteiger partial charge on any atom is 0.501 e. The summed E-state index contributed by atoms with van der Waals surface area (Å²) in [4.78, 5) is 0. The number of hydrogen-bond acceptors (Lipinski definition) is 3. The molecule has 0 heterocycles. The van der Waals surface area contributed by atoms with Gasteiger partial charge < -0.3 is 13.3 Å². The van der Waals surface area contributed by atoms with Gasteiger partial charge in [-0.3, -0.25) is 0 Å². The fourth-order valence-electron chi connectivity index (χ4n) is 2.52. The van der Waals surface area contributed by atoms with Crippen LogP contribution in [-0.2, 0) is 19.7 Å². The molecule has 0 aromatic heterocycles. The fourth-order valence-corrected chi connectivity index (χ4v) is 5.32. The molecule has 0 fully saturated rings. The van der Waals surface area contributed by atoms with Crippen molar-refractivity contribution in [1.29, 1.82) is 0 Å². The molecule has 138 valence electrons. The molecule has 1 aromatic rings. The van der Waals surface area contributed by atoms with E-state index in [4.69, 9.17) is 13.3 Å². The van der Waals surface area contributed by atoms with Crippen LogP contribution >= 0.6 is 0 Å². The quantitative estimate of drug-likeness (QED) is 0.438. The first-order valence-electron chi connectivity index (χ1n) is 8.23. The highest BCUT2D eigenvalue weighted by Gasteiger charge is 2.41. The molecule has 7 heteroatoms. The van der Waals surface area contributed by atoms with Gasteiger partial charge in [-0.2, -0.15) is 0 Å². The number of halogens is 3. The Balaban J connectivity index is 2.65. The Kier molecular flexibility index (Phi) is 8.42. The van der Waals surface area contributed by atoms with Gasteiger partial charge >= 0.3 is 8.80 Å². The highest BCUT2D eigenvalue weighted by molar-refractivity contribution is 6.60. The van der Waals surface area contributed by atoms with Gasteiger partial charge in [-0.25, -0.2) is 13.2 Å². The predicted octanol–water partition coefficient (Wildman–Crippen LogP) is 4.86. The Labute approximate surface area is 143 Å². The lowest BCUT2D eigenvalue weighted by molar-refractivity contribution is 0.0323. The van der Waals surface area contributed by atoms with Crippen molar-refractivity contribution >= 4 is 8.80 Å². The largest absolute Gasteiger partial charge is 0.501 e. The van der Waals surface area contributed by atoms with Crippen molar-refractivity contribution in [1.82, 2.24) is 0 Å². The zero-order valence-corrected chi connectivity index (χ0v) is 16.0. The third-order valence-electron chi connectivity index (χ3n) is 3.41. The standard InChI is InChI=1S/C17H27F3O3Si/c1-12(2)22-24(21-5,23-13(3)4)9-7-6-8-15-16(19)10-14(18)11-17(15)20/h10-13H,6-9H2,1-5H3. The van der Waals surface area contributed by atoms with E-state index in [1.54, 1.807) is 7.11 Å². The molecule has 0 saturated carbocycles. The topological polar surface area (TPSA) is 27.7 Å². The van der Waals surface area contributed by atoms with Crippen LogP contribution in [0.15, 0.2) is 12.1 Å². The second-order valence-corrected chi connectivity index (χ2v) is 9.02. The van der Waals surface area contributed by atoms with Crippen LogP contribution in [0.5, 0.6) is 0 Å². The van der Waals surface area contributed by atoms with E-state index < -0.39 is 26.3 Å². The normalized spacial score (nSPS) is 12.4. The second kappa shape index (κ2) is 9.55. The van der Waals surface area contributed by atoms with E-state index in [1.165, 1.54) is 0 Å². The Morgan fingerprint density at radius 2 is 1.42 bits per heavy atom. The first kappa shape index (κ1) is 21.2. The van der Waals surface area contributed by atoms with Crippen LogP contribution in [0.3, 0.4) is 0 Å². The van der Waals surface area contributed by atoms with Crippen LogP contribution in [0, 0.1) is 17.5 Å². The number of unbranched alkanes of at least 4 members (excludes halogenated alkanes) is 1. The Morgan fingerprint density at radius 1 is 0.917 bits per heavy atom. The highest BCUT2D eigenvalue weighted by atomic mass is 28.4. The van der Waals surface area contributed by atoms with Gasteiger partial charge in [-0.05, 0) is 47.0 Å². The number of rotatable bonds is 10. The summed E-state index contributed by atoms with van der Waals surface area (Å²) in [5, 5.41) is 0. The molecule has 0 unspecified atom stereocenters. The highest BCUT2D eigenvalue weighted by Crippen LogP contribution is 2.24. The van der Waals surface area contributed by atoms with Gasteiger partial charge in [0.25, 0.3) is 0 Å². The molecular formula is C17H27F3O3Si. The van der Waals surface area contributed by atoms with Crippen molar-refractivity contribution in [3.05, 3.63) is 35.1 Å². The summed E-state index contributed by atoms with van der Waals surface area (Å²) < 4.78 is 57.6. The van der Waals surface area contributed by atoms with Crippen LogP contribution in [0.1, 0.15) is 46.1 Å².